The van der Waals surface area contributed by atoms with Crippen molar-refractivity contribution in [3.05, 3.63) is 53.7 Å². The normalized spacial score (nSPS) is 15.2. The van der Waals surface area contributed by atoms with Crippen LogP contribution in [0.1, 0.15) is 11.1 Å². The van der Waals surface area contributed by atoms with Gasteiger partial charge < -0.3 is 5.73 Å². The number of nitrogens with one attached hydrogen (secondary N) is 1. The number of nitrogens with two attached hydrogens (primary N) is 1. The molecule has 1 aliphatic carbocycles. The lowest BCUT2D eigenvalue weighted by atomic mass is 10.1. The molecule has 6 heteroatoms. The van der Waals surface area contributed by atoms with Crippen molar-refractivity contribution in [2.75, 3.05) is 5.73 Å². The average Bonchev–Trinajstić information content (AvgIpc) is 2.80. The maximum absolute atomic E-state index is 12.3. The van der Waals surface area contributed by atoms with Gasteiger partial charge in [-0.05, 0) is 36.1 Å². The number of benzene rings is 1. The van der Waals surface area contributed by atoms with Gasteiger partial charge in [-0.3, -0.25) is 0 Å². The first-order valence-corrected chi connectivity index (χ1v) is 7.84. The summed E-state index contributed by atoms with van der Waals surface area (Å²) < 4.78 is 27.3. The lowest BCUT2D eigenvalue weighted by molar-refractivity contribution is 0.552. The van der Waals surface area contributed by atoms with E-state index >= 15 is 0 Å². The Morgan fingerprint density at radius 2 is 1.75 bits per heavy atom. The third-order valence-electron chi connectivity index (χ3n) is 3.43. The molecular formula is C14H15N3O2S. The van der Waals surface area contributed by atoms with E-state index in [1.807, 2.05) is 24.3 Å². The molecule has 0 radical (unpaired) electrons. The van der Waals surface area contributed by atoms with Crippen molar-refractivity contribution >= 4 is 15.7 Å². The lowest BCUT2D eigenvalue weighted by Gasteiger charge is -2.13. The fourth-order valence-corrected chi connectivity index (χ4v) is 3.84. The van der Waals surface area contributed by atoms with Crippen molar-refractivity contribution in [3.63, 3.8) is 0 Å². The highest BCUT2D eigenvalue weighted by Crippen LogP contribution is 2.23. The first-order chi connectivity index (χ1) is 9.56. The number of nitrogen functional groups attached to an aromatic ring is 1. The van der Waals surface area contributed by atoms with Crippen LogP contribution >= 0.6 is 0 Å². The number of pyridine rings is 1. The molecule has 0 spiro atoms. The molecule has 0 atom stereocenters. The smallest absolute Gasteiger partial charge is 0.260 e. The molecule has 0 unspecified atom stereocenters. The van der Waals surface area contributed by atoms with Gasteiger partial charge in [0.25, 0.3) is 10.0 Å². The predicted molar refractivity (Wildman–Crippen MR) is 76.6 cm³/mol. The van der Waals surface area contributed by atoms with Crippen LogP contribution in [0, 0.1) is 0 Å². The first kappa shape index (κ1) is 13.1. The summed E-state index contributed by atoms with van der Waals surface area (Å²) in [6.45, 7) is 0. The highest BCUT2D eigenvalue weighted by molar-refractivity contribution is 7.89. The molecule has 1 aromatic carbocycles. The van der Waals surface area contributed by atoms with Crippen LogP contribution < -0.4 is 10.5 Å². The van der Waals surface area contributed by atoms with E-state index in [1.165, 1.54) is 23.4 Å². The standard InChI is InChI=1S/C14H15N3O2S/c15-13-6-3-7-16-14(13)20(18,19)17-12-8-10-4-1-2-5-11(10)9-12/h1-7,12,17H,8-9,15H2. The first-order valence-electron chi connectivity index (χ1n) is 6.36. The third kappa shape index (κ3) is 2.39. The number of nitrogens with zero attached hydrogens (tertiary/aromatic N) is 1. The van der Waals surface area contributed by atoms with Crippen LogP contribution in [0.3, 0.4) is 0 Å². The highest BCUT2D eigenvalue weighted by atomic mass is 32.2. The molecule has 0 fully saturated rings. The summed E-state index contributed by atoms with van der Waals surface area (Å²) in [7, 11) is -3.68. The summed E-state index contributed by atoms with van der Waals surface area (Å²) >= 11 is 0. The van der Waals surface area contributed by atoms with E-state index in [0.29, 0.717) is 12.8 Å². The Balaban J connectivity index is 1.81. The van der Waals surface area contributed by atoms with Gasteiger partial charge in [0.05, 0.1) is 5.69 Å². The van der Waals surface area contributed by atoms with Gasteiger partial charge in [0.15, 0.2) is 5.03 Å². The van der Waals surface area contributed by atoms with Gasteiger partial charge in [0.1, 0.15) is 0 Å². The number of sulfonamides is 1. The molecule has 0 bridgehead atoms. The van der Waals surface area contributed by atoms with Gasteiger partial charge >= 0.3 is 0 Å². The van der Waals surface area contributed by atoms with Crippen LogP contribution in [0.4, 0.5) is 5.69 Å². The number of anilines is 1. The van der Waals surface area contributed by atoms with Crippen LogP contribution in [0.25, 0.3) is 0 Å². The van der Waals surface area contributed by atoms with Crippen molar-refractivity contribution < 1.29 is 8.42 Å². The fourth-order valence-electron chi connectivity index (χ4n) is 2.55. The van der Waals surface area contributed by atoms with Crippen molar-refractivity contribution in [1.82, 2.24) is 9.71 Å². The van der Waals surface area contributed by atoms with E-state index in [0.717, 1.165) is 0 Å². The molecule has 0 amide bonds. The monoisotopic (exact) mass is 289 g/mol. The molecule has 20 heavy (non-hydrogen) atoms. The SMILES string of the molecule is Nc1cccnc1S(=O)(=O)NC1Cc2ccccc2C1. The number of fused-ring (bicyclic) bond motifs is 1. The Morgan fingerprint density at radius 1 is 1.10 bits per heavy atom. The second-order valence-corrected chi connectivity index (χ2v) is 6.52. The summed E-state index contributed by atoms with van der Waals surface area (Å²) in [5, 5.41) is -0.101. The highest BCUT2D eigenvalue weighted by Gasteiger charge is 2.27. The van der Waals surface area contributed by atoms with Crippen molar-refractivity contribution in [2.45, 2.75) is 23.9 Å². The zero-order chi connectivity index (χ0) is 14.2. The third-order valence-corrected chi connectivity index (χ3v) is 4.92. The Kier molecular flexibility index (Phi) is 3.19. The summed E-state index contributed by atoms with van der Waals surface area (Å²) in [4.78, 5) is 3.87. The van der Waals surface area contributed by atoms with Crippen LogP contribution in [0.2, 0.25) is 0 Å². The number of aromatic nitrogens is 1. The minimum atomic E-state index is -3.68. The quantitative estimate of drug-likeness (QED) is 0.886. The van der Waals surface area contributed by atoms with Gasteiger partial charge in [-0.2, -0.15) is 0 Å². The van der Waals surface area contributed by atoms with Crippen molar-refractivity contribution in [2.24, 2.45) is 0 Å². The Labute approximate surface area is 117 Å². The van der Waals surface area contributed by atoms with E-state index in [-0.39, 0.29) is 16.8 Å². The Bertz CT molecular complexity index is 719. The van der Waals surface area contributed by atoms with Gasteiger partial charge in [-0.1, -0.05) is 24.3 Å². The molecule has 2 aromatic rings. The van der Waals surface area contributed by atoms with Gasteiger partial charge in [-0.25, -0.2) is 18.1 Å². The van der Waals surface area contributed by atoms with Crippen molar-refractivity contribution in [1.29, 1.82) is 0 Å². The molecular weight excluding hydrogens is 274 g/mol. The molecule has 104 valence electrons. The molecule has 0 saturated heterocycles. The molecule has 5 nitrogen and oxygen atoms in total. The lowest BCUT2D eigenvalue weighted by Crippen LogP contribution is -2.36. The molecule has 1 aliphatic rings. The molecule has 1 heterocycles. The Morgan fingerprint density at radius 3 is 2.35 bits per heavy atom. The predicted octanol–water partition coefficient (Wildman–Crippen LogP) is 1.11. The molecule has 0 saturated carbocycles. The summed E-state index contributed by atoms with van der Waals surface area (Å²) in [6.07, 6.45) is 2.82. The van der Waals surface area contributed by atoms with Gasteiger partial charge in [-0.15, -0.1) is 0 Å². The molecule has 1 aromatic heterocycles. The molecule has 3 N–H and O–H groups in total. The number of hydrogen-bond donors (Lipinski definition) is 2. The molecule has 0 aliphatic heterocycles. The second-order valence-electron chi connectivity index (χ2n) is 4.89. The van der Waals surface area contributed by atoms with Crippen LogP contribution in [-0.2, 0) is 22.9 Å². The summed E-state index contributed by atoms with van der Waals surface area (Å²) in [5.41, 5.74) is 8.22. The average molecular weight is 289 g/mol. The van der Waals surface area contributed by atoms with Crippen molar-refractivity contribution in [3.8, 4) is 0 Å². The van der Waals surface area contributed by atoms with Crippen LogP contribution in [0.5, 0.6) is 0 Å². The minimum absolute atomic E-state index is 0.101. The number of rotatable bonds is 3. The van der Waals surface area contributed by atoms with Gasteiger partial charge in [0.2, 0.25) is 0 Å². The van der Waals surface area contributed by atoms with Gasteiger partial charge in [0, 0.05) is 12.2 Å². The Hall–Kier alpha value is -1.92. The van der Waals surface area contributed by atoms with E-state index < -0.39 is 10.0 Å². The van der Waals surface area contributed by atoms with E-state index in [1.54, 1.807) is 6.07 Å². The zero-order valence-electron chi connectivity index (χ0n) is 10.8. The van der Waals surface area contributed by atoms with E-state index in [4.69, 9.17) is 5.73 Å². The number of hydrogen-bond acceptors (Lipinski definition) is 4. The van der Waals surface area contributed by atoms with Crippen LogP contribution in [-0.4, -0.2) is 19.4 Å². The minimum Gasteiger partial charge on any atom is -0.396 e. The largest absolute Gasteiger partial charge is 0.396 e. The maximum Gasteiger partial charge on any atom is 0.260 e. The topological polar surface area (TPSA) is 85.1 Å². The second kappa shape index (κ2) is 4.88. The summed E-state index contributed by atoms with van der Waals surface area (Å²) in [5.74, 6) is 0. The van der Waals surface area contributed by atoms with Crippen LogP contribution in [0.15, 0.2) is 47.6 Å². The molecule has 3 rings (SSSR count). The fraction of sp³-hybridized carbons (Fsp3) is 0.214. The summed E-state index contributed by atoms with van der Waals surface area (Å²) in [6, 6.07) is 11.0. The zero-order valence-corrected chi connectivity index (χ0v) is 11.6. The van der Waals surface area contributed by atoms with E-state index in [2.05, 4.69) is 9.71 Å². The maximum atomic E-state index is 12.3. The van der Waals surface area contributed by atoms with E-state index in [9.17, 15) is 8.42 Å².